The van der Waals surface area contributed by atoms with Crippen LogP contribution in [0, 0.1) is 0 Å². The lowest BCUT2D eigenvalue weighted by atomic mass is 10.1. The highest BCUT2D eigenvalue weighted by Crippen LogP contribution is 1.98. The summed E-state index contributed by atoms with van der Waals surface area (Å²) in [6.45, 7) is 0.115. The molecule has 0 unspecified atom stereocenters. The van der Waals surface area contributed by atoms with Crippen LogP contribution >= 0.6 is 0 Å². The van der Waals surface area contributed by atoms with Crippen molar-refractivity contribution in [3.8, 4) is 0 Å². The summed E-state index contributed by atoms with van der Waals surface area (Å²) in [5.41, 5.74) is 0. The molecule has 0 radical (unpaired) electrons. The number of aromatic amines is 1. The summed E-state index contributed by atoms with van der Waals surface area (Å²) < 4.78 is 0. The number of nitrogens with one attached hydrogen (secondary N) is 3. The Morgan fingerprint density at radius 1 is 1.37 bits per heavy atom. The first-order chi connectivity index (χ1) is 8.99. The van der Waals surface area contributed by atoms with Crippen molar-refractivity contribution in [2.24, 2.45) is 0 Å². The number of aromatic nitrogens is 2. The van der Waals surface area contributed by atoms with Gasteiger partial charge in [0, 0.05) is 18.8 Å². The van der Waals surface area contributed by atoms with Crippen molar-refractivity contribution < 1.29 is 24.6 Å². The second-order valence-electron chi connectivity index (χ2n) is 3.69. The Morgan fingerprint density at radius 3 is 2.63 bits per heavy atom. The van der Waals surface area contributed by atoms with Crippen LogP contribution in [-0.4, -0.2) is 44.2 Å². The highest BCUT2D eigenvalue weighted by Gasteiger charge is 2.20. The lowest BCUT2D eigenvalue weighted by Gasteiger charge is -2.13. The van der Waals surface area contributed by atoms with Crippen LogP contribution < -0.4 is 10.6 Å². The van der Waals surface area contributed by atoms with Gasteiger partial charge in [0.05, 0.1) is 6.54 Å². The Labute approximate surface area is 108 Å². The number of rotatable bonds is 7. The van der Waals surface area contributed by atoms with Crippen molar-refractivity contribution in [2.75, 3.05) is 0 Å². The first-order valence-electron chi connectivity index (χ1n) is 5.46. The van der Waals surface area contributed by atoms with E-state index in [1.807, 2.05) is 0 Å². The minimum Gasteiger partial charge on any atom is -0.481 e. The van der Waals surface area contributed by atoms with E-state index >= 15 is 0 Å². The molecule has 0 spiro atoms. The highest BCUT2D eigenvalue weighted by molar-refractivity contribution is 5.82. The van der Waals surface area contributed by atoms with Crippen LogP contribution in [-0.2, 0) is 16.1 Å². The molecular weight excluding hydrogens is 256 g/mol. The summed E-state index contributed by atoms with van der Waals surface area (Å²) in [7, 11) is 0. The number of carboxylic acids is 2. The van der Waals surface area contributed by atoms with Crippen LogP contribution in [0.3, 0.4) is 0 Å². The molecule has 1 aromatic rings. The Balaban J connectivity index is 2.38. The number of nitrogens with zero attached hydrogens (tertiary/aromatic N) is 1. The van der Waals surface area contributed by atoms with Gasteiger partial charge in [0.15, 0.2) is 0 Å². The molecule has 9 heteroatoms. The molecule has 0 aliphatic carbocycles. The molecule has 1 heterocycles. The van der Waals surface area contributed by atoms with Crippen molar-refractivity contribution in [1.82, 2.24) is 20.6 Å². The summed E-state index contributed by atoms with van der Waals surface area (Å²) in [6, 6.07) is -1.94. The number of carboxylic acid groups (broad SMARTS) is 2. The Hall–Kier alpha value is -2.58. The first kappa shape index (κ1) is 14.5. The zero-order chi connectivity index (χ0) is 14.3. The maximum absolute atomic E-state index is 11.4. The number of carbonyl (C=O) groups excluding carboxylic acids is 1. The molecule has 2 amide bonds. The number of amides is 2. The standard InChI is InChI=1S/C10H14N4O5/c15-8(16)2-1-6(9(17)18)14-10(19)13-5-7-11-3-4-12-7/h3-4,6H,1-2,5H2,(H,11,12)(H,15,16)(H,17,18)(H2,13,14,19)/t6-/m0/s1. The Bertz CT molecular complexity index is 445. The van der Waals surface area contributed by atoms with Crippen molar-refractivity contribution in [3.63, 3.8) is 0 Å². The number of imidazole rings is 1. The van der Waals surface area contributed by atoms with Gasteiger partial charge in [-0.15, -0.1) is 0 Å². The van der Waals surface area contributed by atoms with Crippen LogP contribution in [0.25, 0.3) is 0 Å². The van der Waals surface area contributed by atoms with E-state index in [0.29, 0.717) is 5.82 Å². The molecule has 1 aromatic heterocycles. The molecule has 1 rings (SSSR count). The molecule has 19 heavy (non-hydrogen) atoms. The maximum Gasteiger partial charge on any atom is 0.326 e. The SMILES string of the molecule is O=C(O)CC[C@H](NC(=O)NCc1ncc[nH]1)C(=O)O. The minimum absolute atomic E-state index is 0.115. The third-order valence-electron chi connectivity index (χ3n) is 2.22. The molecule has 1 atom stereocenters. The second-order valence-corrected chi connectivity index (χ2v) is 3.69. The summed E-state index contributed by atoms with van der Waals surface area (Å²) in [5.74, 6) is -1.88. The molecule has 0 aliphatic rings. The highest BCUT2D eigenvalue weighted by atomic mass is 16.4. The average Bonchev–Trinajstić information content (AvgIpc) is 2.84. The zero-order valence-electron chi connectivity index (χ0n) is 9.92. The number of carbonyl (C=O) groups is 3. The number of hydrogen-bond donors (Lipinski definition) is 5. The third-order valence-corrected chi connectivity index (χ3v) is 2.22. The van der Waals surface area contributed by atoms with E-state index in [1.54, 1.807) is 6.20 Å². The fraction of sp³-hybridized carbons (Fsp3) is 0.400. The number of aliphatic carboxylic acids is 2. The Morgan fingerprint density at radius 2 is 2.11 bits per heavy atom. The van der Waals surface area contributed by atoms with E-state index in [2.05, 4.69) is 20.6 Å². The Kier molecular flexibility index (Phi) is 5.33. The number of urea groups is 1. The quantitative estimate of drug-likeness (QED) is 0.453. The van der Waals surface area contributed by atoms with Gasteiger partial charge in [-0.3, -0.25) is 4.79 Å². The second kappa shape index (κ2) is 6.99. The minimum atomic E-state index is -1.28. The van der Waals surface area contributed by atoms with Gasteiger partial charge in [-0.05, 0) is 6.42 Å². The lowest BCUT2D eigenvalue weighted by molar-refractivity contribution is -0.140. The molecule has 5 N–H and O–H groups in total. The monoisotopic (exact) mass is 270 g/mol. The summed E-state index contributed by atoms with van der Waals surface area (Å²) >= 11 is 0. The normalized spacial score (nSPS) is 11.6. The first-order valence-corrected chi connectivity index (χ1v) is 5.46. The van der Waals surface area contributed by atoms with Crippen LogP contribution in [0.15, 0.2) is 12.4 Å². The number of hydrogen-bond acceptors (Lipinski definition) is 4. The zero-order valence-corrected chi connectivity index (χ0v) is 9.92. The van der Waals surface area contributed by atoms with Gasteiger partial charge in [-0.2, -0.15) is 0 Å². The molecule has 0 bridgehead atoms. The van der Waals surface area contributed by atoms with Gasteiger partial charge in [0.1, 0.15) is 11.9 Å². The van der Waals surface area contributed by atoms with Crippen molar-refractivity contribution >= 4 is 18.0 Å². The molecule has 0 fully saturated rings. The molecular formula is C10H14N4O5. The third kappa shape index (κ3) is 5.52. The van der Waals surface area contributed by atoms with Crippen LogP contribution in [0.4, 0.5) is 4.79 Å². The predicted molar refractivity (Wildman–Crippen MR) is 62.3 cm³/mol. The molecule has 9 nitrogen and oxygen atoms in total. The van der Waals surface area contributed by atoms with E-state index in [0.717, 1.165) is 0 Å². The topological polar surface area (TPSA) is 144 Å². The lowest BCUT2D eigenvalue weighted by Crippen LogP contribution is -2.46. The van der Waals surface area contributed by atoms with E-state index in [4.69, 9.17) is 10.2 Å². The summed E-state index contributed by atoms with van der Waals surface area (Å²) in [4.78, 5) is 39.2. The van der Waals surface area contributed by atoms with E-state index in [1.165, 1.54) is 6.20 Å². The van der Waals surface area contributed by atoms with E-state index in [9.17, 15) is 14.4 Å². The summed E-state index contributed by atoms with van der Waals surface area (Å²) in [6.07, 6.45) is 2.58. The molecule has 0 saturated carbocycles. The molecule has 0 saturated heterocycles. The van der Waals surface area contributed by atoms with Crippen LogP contribution in [0.1, 0.15) is 18.7 Å². The van der Waals surface area contributed by atoms with Crippen LogP contribution in [0.2, 0.25) is 0 Å². The molecule has 0 aromatic carbocycles. The smallest absolute Gasteiger partial charge is 0.326 e. The number of H-pyrrole nitrogens is 1. The average molecular weight is 270 g/mol. The van der Waals surface area contributed by atoms with Gasteiger partial charge in [-0.25, -0.2) is 14.6 Å². The van der Waals surface area contributed by atoms with Gasteiger partial charge in [-0.1, -0.05) is 0 Å². The van der Waals surface area contributed by atoms with Crippen molar-refractivity contribution in [3.05, 3.63) is 18.2 Å². The van der Waals surface area contributed by atoms with Crippen molar-refractivity contribution in [2.45, 2.75) is 25.4 Å². The van der Waals surface area contributed by atoms with Gasteiger partial charge in [0.25, 0.3) is 0 Å². The summed E-state index contributed by atoms with van der Waals surface area (Å²) in [5, 5.41) is 21.9. The fourth-order valence-electron chi connectivity index (χ4n) is 1.29. The maximum atomic E-state index is 11.4. The fourth-order valence-corrected chi connectivity index (χ4v) is 1.29. The van der Waals surface area contributed by atoms with Crippen LogP contribution in [0.5, 0.6) is 0 Å². The largest absolute Gasteiger partial charge is 0.481 e. The van der Waals surface area contributed by atoms with Gasteiger partial charge >= 0.3 is 18.0 Å². The van der Waals surface area contributed by atoms with Crippen molar-refractivity contribution in [1.29, 1.82) is 0 Å². The molecule has 0 aliphatic heterocycles. The molecule has 104 valence electrons. The van der Waals surface area contributed by atoms with Gasteiger partial charge in [0.2, 0.25) is 0 Å². The van der Waals surface area contributed by atoms with E-state index < -0.39 is 24.0 Å². The van der Waals surface area contributed by atoms with Gasteiger partial charge < -0.3 is 25.8 Å². The van der Waals surface area contributed by atoms with E-state index in [-0.39, 0.29) is 19.4 Å². The predicted octanol–water partition coefficient (Wildman–Crippen LogP) is -0.473.